The molecule has 2 aromatic rings. The van der Waals surface area contributed by atoms with E-state index in [2.05, 4.69) is 41.4 Å². The van der Waals surface area contributed by atoms with Crippen LogP contribution in [0.1, 0.15) is 11.1 Å². The number of anilines is 2. The van der Waals surface area contributed by atoms with Gasteiger partial charge in [-0.15, -0.1) is 0 Å². The van der Waals surface area contributed by atoms with Crippen molar-refractivity contribution in [1.82, 2.24) is 0 Å². The molecule has 0 amide bonds. The Morgan fingerprint density at radius 3 is 2.53 bits per heavy atom. The number of rotatable bonds is 4. The Bertz CT molecular complexity index is 564. The zero-order valence-corrected chi connectivity index (χ0v) is 12.3. The van der Waals surface area contributed by atoms with E-state index in [0.717, 1.165) is 17.3 Å². The minimum atomic E-state index is 0.777. The maximum Gasteiger partial charge on any atom is 0.0409 e. The molecule has 0 bridgehead atoms. The average molecular weight is 275 g/mol. The maximum atomic E-state index is 5.98. The van der Waals surface area contributed by atoms with Crippen LogP contribution < -0.4 is 10.2 Å². The number of benzene rings is 2. The summed E-state index contributed by atoms with van der Waals surface area (Å²) in [6.45, 7) is 2.90. The quantitative estimate of drug-likeness (QED) is 0.893. The zero-order valence-electron chi connectivity index (χ0n) is 11.6. The number of nitrogens with zero attached hydrogens (tertiary/aromatic N) is 1. The van der Waals surface area contributed by atoms with Gasteiger partial charge in [0.15, 0.2) is 0 Å². The molecule has 2 rings (SSSR count). The highest BCUT2D eigenvalue weighted by molar-refractivity contribution is 6.30. The van der Waals surface area contributed by atoms with Crippen LogP contribution in [0.5, 0.6) is 0 Å². The third-order valence-corrected chi connectivity index (χ3v) is 3.33. The number of hydrogen-bond acceptors (Lipinski definition) is 2. The van der Waals surface area contributed by atoms with Gasteiger partial charge in [0.1, 0.15) is 0 Å². The van der Waals surface area contributed by atoms with Crippen LogP contribution in [0.25, 0.3) is 0 Å². The molecular formula is C16H19ClN2. The summed E-state index contributed by atoms with van der Waals surface area (Å²) < 4.78 is 0. The fraction of sp³-hybridized carbons (Fsp3) is 0.250. The molecule has 0 heterocycles. The molecule has 0 unspecified atom stereocenters. The summed E-state index contributed by atoms with van der Waals surface area (Å²) in [5.41, 5.74) is 4.80. The first-order chi connectivity index (χ1) is 9.06. The molecule has 0 aliphatic carbocycles. The van der Waals surface area contributed by atoms with Crippen LogP contribution in [0, 0.1) is 6.92 Å². The number of nitrogens with one attached hydrogen (secondary N) is 1. The predicted octanol–water partition coefficient (Wildman–Crippen LogP) is 4.33. The van der Waals surface area contributed by atoms with E-state index in [9.17, 15) is 0 Å². The Morgan fingerprint density at radius 1 is 1.11 bits per heavy atom. The van der Waals surface area contributed by atoms with Crippen LogP contribution >= 0.6 is 11.6 Å². The van der Waals surface area contributed by atoms with Gasteiger partial charge in [-0.3, -0.25) is 0 Å². The molecule has 100 valence electrons. The fourth-order valence-corrected chi connectivity index (χ4v) is 2.18. The Labute approximate surface area is 120 Å². The van der Waals surface area contributed by atoms with Crippen molar-refractivity contribution in [3.63, 3.8) is 0 Å². The van der Waals surface area contributed by atoms with Gasteiger partial charge in [0.05, 0.1) is 0 Å². The molecule has 0 atom stereocenters. The van der Waals surface area contributed by atoms with Gasteiger partial charge in [-0.05, 0) is 48.4 Å². The molecule has 0 saturated carbocycles. The minimum absolute atomic E-state index is 0.777. The van der Waals surface area contributed by atoms with E-state index in [1.807, 2.05) is 32.3 Å². The molecule has 0 saturated heterocycles. The summed E-state index contributed by atoms with van der Waals surface area (Å²) in [5, 5.41) is 4.22. The maximum absolute atomic E-state index is 5.98. The van der Waals surface area contributed by atoms with Crippen molar-refractivity contribution in [2.45, 2.75) is 13.5 Å². The largest absolute Gasteiger partial charge is 0.381 e. The van der Waals surface area contributed by atoms with E-state index in [-0.39, 0.29) is 0 Å². The topological polar surface area (TPSA) is 15.3 Å². The molecule has 0 radical (unpaired) electrons. The number of hydrogen-bond donors (Lipinski definition) is 1. The third kappa shape index (κ3) is 3.65. The predicted molar refractivity (Wildman–Crippen MR) is 84.3 cm³/mol. The van der Waals surface area contributed by atoms with Crippen molar-refractivity contribution in [2.75, 3.05) is 24.3 Å². The standard InChI is InChI=1S/C16H19ClN2/c1-12-9-15(19(2)3)7-8-16(12)18-11-13-5-4-6-14(17)10-13/h4-10,18H,11H2,1-3H3. The Balaban J connectivity index is 2.07. The molecule has 2 nitrogen and oxygen atoms in total. The van der Waals surface area contributed by atoms with Crippen molar-refractivity contribution < 1.29 is 0 Å². The highest BCUT2D eigenvalue weighted by atomic mass is 35.5. The summed E-state index contributed by atoms with van der Waals surface area (Å²) in [5.74, 6) is 0. The molecule has 0 aromatic heterocycles. The third-order valence-electron chi connectivity index (χ3n) is 3.10. The Kier molecular flexibility index (Phi) is 4.33. The second-order valence-corrected chi connectivity index (χ2v) is 5.31. The highest BCUT2D eigenvalue weighted by Crippen LogP contribution is 2.22. The lowest BCUT2D eigenvalue weighted by molar-refractivity contribution is 1.11. The lowest BCUT2D eigenvalue weighted by Crippen LogP contribution is -2.09. The molecular weight excluding hydrogens is 256 g/mol. The van der Waals surface area contributed by atoms with E-state index in [1.54, 1.807) is 0 Å². The van der Waals surface area contributed by atoms with Gasteiger partial charge in [0.25, 0.3) is 0 Å². The van der Waals surface area contributed by atoms with E-state index in [1.165, 1.54) is 16.8 Å². The van der Waals surface area contributed by atoms with Crippen LogP contribution in [0.15, 0.2) is 42.5 Å². The SMILES string of the molecule is Cc1cc(N(C)C)ccc1NCc1cccc(Cl)c1. The van der Waals surface area contributed by atoms with Crippen molar-refractivity contribution in [3.8, 4) is 0 Å². The molecule has 0 aliphatic heterocycles. The van der Waals surface area contributed by atoms with Crippen molar-refractivity contribution in [1.29, 1.82) is 0 Å². The van der Waals surface area contributed by atoms with E-state index >= 15 is 0 Å². The van der Waals surface area contributed by atoms with Crippen molar-refractivity contribution in [2.24, 2.45) is 0 Å². The van der Waals surface area contributed by atoms with E-state index < -0.39 is 0 Å². The fourth-order valence-electron chi connectivity index (χ4n) is 1.97. The minimum Gasteiger partial charge on any atom is -0.381 e. The molecule has 0 aliphatic rings. The van der Waals surface area contributed by atoms with Gasteiger partial charge >= 0.3 is 0 Å². The number of aryl methyl sites for hydroxylation is 1. The molecule has 19 heavy (non-hydrogen) atoms. The van der Waals surface area contributed by atoms with Gasteiger partial charge < -0.3 is 10.2 Å². The normalized spacial score (nSPS) is 10.3. The van der Waals surface area contributed by atoms with Gasteiger partial charge in [0, 0.05) is 37.0 Å². The summed E-state index contributed by atoms with van der Waals surface area (Å²) in [7, 11) is 4.10. The average Bonchev–Trinajstić information content (AvgIpc) is 2.37. The van der Waals surface area contributed by atoms with Gasteiger partial charge in [-0.25, -0.2) is 0 Å². The second-order valence-electron chi connectivity index (χ2n) is 4.88. The Morgan fingerprint density at radius 2 is 1.89 bits per heavy atom. The lowest BCUT2D eigenvalue weighted by Gasteiger charge is -2.16. The smallest absolute Gasteiger partial charge is 0.0409 e. The van der Waals surface area contributed by atoms with Crippen molar-refractivity contribution >= 4 is 23.0 Å². The van der Waals surface area contributed by atoms with E-state index in [0.29, 0.717) is 0 Å². The van der Waals surface area contributed by atoms with Crippen LogP contribution in [-0.2, 0) is 6.54 Å². The molecule has 1 N–H and O–H groups in total. The second kappa shape index (κ2) is 5.98. The van der Waals surface area contributed by atoms with Gasteiger partial charge in [-0.2, -0.15) is 0 Å². The van der Waals surface area contributed by atoms with Crippen LogP contribution in [0.3, 0.4) is 0 Å². The summed E-state index contributed by atoms with van der Waals surface area (Å²) >= 11 is 5.98. The summed E-state index contributed by atoms with van der Waals surface area (Å²) in [6.07, 6.45) is 0. The van der Waals surface area contributed by atoms with Crippen molar-refractivity contribution in [3.05, 3.63) is 58.6 Å². The molecule has 3 heteroatoms. The van der Waals surface area contributed by atoms with Crippen LogP contribution in [-0.4, -0.2) is 14.1 Å². The number of halogens is 1. The first kappa shape index (κ1) is 13.8. The van der Waals surface area contributed by atoms with Crippen LogP contribution in [0.4, 0.5) is 11.4 Å². The zero-order chi connectivity index (χ0) is 13.8. The first-order valence-electron chi connectivity index (χ1n) is 6.32. The molecule has 2 aromatic carbocycles. The molecule has 0 spiro atoms. The Hall–Kier alpha value is -1.67. The van der Waals surface area contributed by atoms with Gasteiger partial charge in [-0.1, -0.05) is 23.7 Å². The monoisotopic (exact) mass is 274 g/mol. The van der Waals surface area contributed by atoms with Crippen LogP contribution in [0.2, 0.25) is 5.02 Å². The first-order valence-corrected chi connectivity index (χ1v) is 6.70. The summed E-state index contributed by atoms with van der Waals surface area (Å²) in [6, 6.07) is 14.3. The van der Waals surface area contributed by atoms with E-state index in [4.69, 9.17) is 11.6 Å². The lowest BCUT2D eigenvalue weighted by atomic mass is 10.1. The highest BCUT2D eigenvalue weighted by Gasteiger charge is 2.02. The summed E-state index contributed by atoms with van der Waals surface area (Å²) in [4.78, 5) is 2.10. The molecule has 0 fully saturated rings. The van der Waals surface area contributed by atoms with Gasteiger partial charge in [0.2, 0.25) is 0 Å².